The van der Waals surface area contributed by atoms with Gasteiger partial charge in [-0.05, 0) is 59.0 Å². The van der Waals surface area contributed by atoms with Gasteiger partial charge in [-0.1, -0.05) is 54.6 Å². The summed E-state index contributed by atoms with van der Waals surface area (Å²) in [6, 6.07) is 27.7. The number of para-hydroxylation sites is 1. The number of fused-ring (bicyclic) bond motifs is 3. The second-order valence-electron chi connectivity index (χ2n) is 8.64. The minimum Gasteiger partial charge on any atom is -0.459 e. The van der Waals surface area contributed by atoms with Crippen LogP contribution in [-0.4, -0.2) is 20.6 Å². The predicted molar refractivity (Wildman–Crippen MR) is 127 cm³/mol. The van der Waals surface area contributed by atoms with E-state index in [0.717, 1.165) is 47.2 Å². The number of nitrogens with one attached hydrogen (secondary N) is 1. The summed E-state index contributed by atoms with van der Waals surface area (Å²) in [5.41, 5.74) is 8.59. The molecule has 1 aliphatic carbocycles. The summed E-state index contributed by atoms with van der Waals surface area (Å²) in [5, 5.41) is 15.8. The maximum atomic E-state index is 6.39. The van der Waals surface area contributed by atoms with Crippen LogP contribution in [0, 0.1) is 0 Å². The largest absolute Gasteiger partial charge is 0.459 e. The molecule has 1 atom stereocenters. The van der Waals surface area contributed by atoms with Crippen LogP contribution in [-0.2, 0) is 6.42 Å². The second kappa shape index (κ2) is 7.17. The summed E-state index contributed by atoms with van der Waals surface area (Å²) in [6.45, 7) is 0. The molecule has 0 saturated heterocycles. The van der Waals surface area contributed by atoms with Crippen LogP contribution in [0.15, 0.2) is 89.0 Å². The summed E-state index contributed by atoms with van der Waals surface area (Å²) in [5.74, 6) is 1.59. The van der Waals surface area contributed by atoms with Gasteiger partial charge in [-0.3, -0.25) is 0 Å². The van der Waals surface area contributed by atoms with Crippen molar-refractivity contribution >= 4 is 22.2 Å². The molecule has 0 bridgehead atoms. The van der Waals surface area contributed by atoms with Crippen LogP contribution >= 0.6 is 0 Å². The molecule has 7 rings (SSSR count). The normalized spacial score (nSPS) is 17.5. The maximum absolute atomic E-state index is 6.39. The van der Waals surface area contributed by atoms with Crippen LogP contribution < -0.4 is 4.90 Å². The molecule has 0 amide bonds. The smallest absolute Gasteiger partial charge is 0.204 e. The van der Waals surface area contributed by atoms with Crippen LogP contribution in [0.1, 0.15) is 35.8 Å². The minimum absolute atomic E-state index is 0.0917. The number of tetrazole rings is 1. The highest BCUT2D eigenvalue weighted by Gasteiger charge is 2.38. The van der Waals surface area contributed by atoms with Gasteiger partial charge in [0.15, 0.2) is 0 Å². The molecule has 1 N–H and O–H groups in total. The first-order valence-corrected chi connectivity index (χ1v) is 11.3. The van der Waals surface area contributed by atoms with Gasteiger partial charge in [0, 0.05) is 28.8 Å². The van der Waals surface area contributed by atoms with Gasteiger partial charge in [0.25, 0.3) is 0 Å². The Morgan fingerprint density at radius 3 is 2.73 bits per heavy atom. The highest BCUT2D eigenvalue weighted by atomic mass is 16.3. The second-order valence-corrected chi connectivity index (χ2v) is 8.64. The minimum atomic E-state index is 0.0917. The molecular weight excluding hydrogens is 410 g/mol. The molecule has 0 spiro atoms. The Balaban J connectivity index is 1.40. The lowest BCUT2D eigenvalue weighted by molar-refractivity contribution is 0.498. The Morgan fingerprint density at radius 1 is 0.909 bits per heavy atom. The summed E-state index contributed by atoms with van der Waals surface area (Å²) >= 11 is 0. The van der Waals surface area contributed by atoms with Crippen molar-refractivity contribution in [1.29, 1.82) is 0 Å². The van der Waals surface area contributed by atoms with Crippen LogP contribution in [0.25, 0.3) is 27.9 Å². The molecule has 3 aromatic carbocycles. The summed E-state index contributed by atoms with van der Waals surface area (Å²) in [6.07, 6.45) is 2.97. The van der Waals surface area contributed by atoms with E-state index in [9.17, 15) is 0 Å². The van der Waals surface area contributed by atoms with Gasteiger partial charge >= 0.3 is 0 Å². The molecule has 33 heavy (non-hydrogen) atoms. The van der Waals surface area contributed by atoms with Crippen molar-refractivity contribution in [3.63, 3.8) is 0 Å². The molecule has 160 valence electrons. The number of H-pyrrole nitrogens is 1. The van der Waals surface area contributed by atoms with Crippen LogP contribution in [0.2, 0.25) is 0 Å². The van der Waals surface area contributed by atoms with Crippen molar-refractivity contribution in [2.75, 3.05) is 4.90 Å². The summed E-state index contributed by atoms with van der Waals surface area (Å²) in [7, 11) is 0. The zero-order valence-electron chi connectivity index (χ0n) is 17.9. The molecule has 0 fully saturated rings. The molecule has 6 heteroatoms. The van der Waals surface area contributed by atoms with E-state index in [-0.39, 0.29) is 6.04 Å². The maximum Gasteiger partial charge on any atom is 0.204 e. The highest BCUT2D eigenvalue weighted by Crippen LogP contribution is 2.51. The number of hydrogen-bond acceptors (Lipinski definition) is 5. The lowest BCUT2D eigenvalue weighted by atomic mass is 9.88. The average Bonchev–Trinajstić information content (AvgIpc) is 3.62. The molecule has 6 nitrogen and oxygen atoms in total. The third-order valence-electron chi connectivity index (χ3n) is 6.82. The van der Waals surface area contributed by atoms with E-state index in [0.29, 0.717) is 5.82 Å². The van der Waals surface area contributed by atoms with Gasteiger partial charge < -0.3 is 9.32 Å². The Kier molecular flexibility index (Phi) is 3.99. The van der Waals surface area contributed by atoms with E-state index in [1.165, 1.54) is 22.4 Å². The summed E-state index contributed by atoms with van der Waals surface area (Å²) < 4.78 is 6.39. The van der Waals surface area contributed by atoms with E-state index in [1.54, 1.807) is 0 Å². The Labute approximate surface area is 190 Å². The fourth-order valence-corrected chi connectivity index (χ4v) is 5.37. The van der Waals surface area contributed by atoms with Gasteiger partial charge in [0.2, 0.25) is 5.82 Å². The molecule has 0 radical (unpaired) electrons. The highest BCUT2D eigenvalue weighted by molar-refractivity contribution is 5.83. The number of rotatable bonds is 3. The first kappa shape index (κ1) is 18.4. The number of nitrogens with zero attached hydrogens (tertiary/aromatic N) is 4. The van der Waals surface area contributed by atoms with E-state index in [4.69, 9.17) is 4.42 Å². The molecule has 0 saturated carbocycles. The Bertz CT molecular complexity index is 1480. The number of aromatic amines is 1. The van der Waals surface area contributed by atoms with Crippen molar-refractivity contribution in [2.24, 2.45) is 0 Å². The van der Waals surface area contributed by atoms with Crippen LogP contribution in [0.3, 0.4) is 0 Å². The number of benzene rings is 3. The average molecular weight is 431 g/mol. The number of furan rings is 1. The van der Waals surface area contributed by atoms with Crippen molar-refractivity contribution in [3.05, 3.63) is 101 Å². The first-order valence-electron chi connectivity index (χ1n) is 11.3. The molecule has 2 aromatic heterocycles. The molecule has 5 aromatic rings. The Hall–Kier alpha value is -4.19. The van der Waals surface area contributed by atoms with Crippen molar-refractivity contribution < 1.29 is 4.42 Å². The fraction of sp³-hybridized carbons (Fsp3) is 0.148. The van der Waals surface area contributed by atoms with E-state index < -0.39 is 0 Å². The molecule has 3 heterocycles. The Morgan fingerprint density at radius 2 is 1.82 bits per heavy atom. The monoisotopic (exact) mass is 431 g/mol. The number of aryl methyl sites for hydroxylation is 1. The zero-order valence-corrected chi connectivity index (χ0v) is 17.9. The van der Waals surface area contributed by atoms with Crippen molar-refractivity contribution in [1.82, 2.24) is 20.6 Å². The van der Waals surface area contributed by atoms with Crippen LogP contribution in [0.5, 0.6) is 0 Å². The van der Waals surface area contributed by atoms with Gasteiger partial charge in [-0.25, -0.2) is 0 Å². The number of aromatic nitrogens is 4. The van der Waals surface area contributed by atoms with Crippen LogP contribution in [0.4, 0.5) is 5.69 Å². The van der Waals surface area contributed by atoms with Gasteiger partial charge in [-0.15, -0.1) is 10.2 Å². The van der Waals surface area contributed by atoms with Gasteiger partial charge in [-0.2, -0.15) is 5.21 Å². The number of anilines is 1. The fourth-order valence-electron chi connectivity index (χ4n) is 5.37. The first-order chi connectivity index (χ1) is 16.3. The lowest BCUT2D eigenvalue weighted by Gasteiger charge is -2.30. The standard InChI is InChI=1S/C27H21N5O/c1-3-10-21-17(6-1)12-13-23-22(21)16-24(26-15-18-7-2-4-11-25(18)33-26)32(23)20-9-5-8-19(14-20)27-28-30-31-29-27/h1-11,14-15,24H,12-13,16H2,(H,28,29,30,31). The zero-order chi connectivity index (χ0) is 21.8. The molecule has 2 aliphatic rings. The van der Waals surface area contributed by atoms with Gasteiger partial charge in [0.1, 0.15) is 11.3 Å². The molecule has 1 aliphatic heterocycles. The number of hydrogen-bond donors (Lipinski definition) is 1. The topological polar surface area (TPSA) is 70.8 Å². The van der Waals surface area contributed by atoms with E-state index in [2.05, 4.69) is 86.2 Å². The quantitative estimate of drug-likeness (QED) is 0.384. The van der Waals surface area contributed by atoms with Crippen molar-refractivity contribution in [2.45, 2.75) is 25.3 Å². The predicted octanol–water partition coefficient (Wildman–Crippen LogP) is 5.92. The van der Waals surface area contributed by atoms with E-state index in [1.807, 2.05) is 18.2 Å². The third kappa shape index (κ3) is 2.91. The van der Waals surface area contributed by atoms with E-state index >= 15 is 0 Å². The SMILES string of the molecule is c1cc(-c2nn[nH]n2)cc(N2C3=C(CC2c2cc4ccccc4o2)c2ccccc2CC3)c1. The lowest BCUT2D eigenvalue weighted by Crippen LogP contribution is -2.24. The molecule has 1 unspecified atom stereocenters. The molecular formula is C27H21N5O. The number of allylic oxidation sites excluding steroid dienone is 1. The van der Waals surface area contributed by atoms with Gasteiger partial charge in [0.05, 0.1) is 6.04 Å². The van der Waals surface area contributed by atoms with Crippen molar-refractivity contribution in [3.8, 4) is 11.4 Å². The summed E-state index contributed by atoms with van der Waals surface area (Å²) in [4.78, 5) is 2.46. The third-order valence-corrected chi connectivity index (χ3v) is 6.82.